The summed E-state index contributed by atoms with van der Waals surface area (Å²) in [5, 5.41) is 14.8. The number of aromatic amines is 1. The standard InChI is InChI=1S/C26H18N6O2/c1-16(21-12-10-18-5-2-3-8-22(18)27-21)19-6-4-7-20(14-19)33-15-17-9-11-23-24(13-17)34-26(28-23)25-29-31-32-30-25/h2-14H,1,15H2,(H,29,30,31,32). The minimum Gasteiger partial charge on any atom is -0.489 e. The first kappa shape index (κ1) is 19.8. The number of H-pyrrole nitrogens is 1. The molecule has 34 heavy (non-hydrogen) atoms. The highest BCUT2D eigenvalue weighted by Gasteiger charge is 2.13. The second-order valence-electron chi connectivity index (χ2n) is 7.74. The number of aromatic nitrogens is 6. The van der Waals surface area contributed by atoms with Crippen LogP contribution in [0.1, 0.15) is 16.8 Å². The van der Waals surface area contributed by atoms with Gasteiger partial charge in [-0.2, -0.15) is 5.21 Å². The molecule has 0 radical (unpaired) electrons. The van der Waals surface area contributed by atoms with Crippen LogP contribution < -0.4 is 4.74 Å². The Hall–Kier alpha value is -4.85. The number of nitrogens with one attached hydrogen (secondary N) is 1. The van der Waals surface area contributed by atoms with Crippen LogP contribution >= 0.6 is 0 Å². The van der Waals surface area contributed by atoms with Gasteiger partial charge in [-0.15, -0.1) is 10.2 Å². The van der Waals surface area contributed by atoms with Crippen molar-refractivity contribution in [2.24, 2.45) is 0 Å². The molecule has 6 rings (SSSR count). The Morgan fingerprint density at radius 1 is 0.912 bits per heavy atom. The molecule has 8 nitrogen and oxygen atoms in total. The molecule has 0 bridgehead atoms. The number of pyridine rings is 1. The fraction of sp³-hybridized carbons (Fsp3) is 0.0385. The summed E-state index contributed by atoms with van der Waals surface area (Å²) in [5.74, 6) is 1.37. The largest absolute Gasteiger partial charge is 0.489 e. The zero-order valence-electron chi connectivity index (χ0n) is 18.0. The second kappa shape index (κ2) is 8.25. The Labute approximate surface area is 193 Å². The van der Waals surface area contributed by atoms with Gasteiger partial charge in [0.1, 0.15) is 17.9 Å². The third kappa shape index (κ3) is 3.77. The Bertz CT molecular complexity index is 1640. The minimum atomic E-state index is 0.312. The van der Waals surface area contributed by atoms with E-state index in [4.69, 9.17) is 14.1 Å². The number of para-hydroxylation sites is 1. The van der Waals surface area contributed by atoms with Crippen molar-refractivity contribution in [1.82, 2.24) is 30.6 Å². The van der Waals surface area contributed by atoms with Gasteiger partial charge in [0.15, 0.2) is 5.58 Å². The highest BCUT2D eigenvalue weighted by Crippen LogP contribution is 2.27. The third-order valence-corrected chi connectivity index (χ3v) is 5.49. The van der Waals surface area contributed by atoms with E-state index in [0.29, 0.717) is 29.4 Å². The van der Waals surface area contributed by atoms with E-state index < -0.39 is 0 Å². The molecule has 6 aromatic rings. The van der Waals surface area contributed by atoms with Crippen LogP contribution in [-0.4, -0.2) is 30.6 Å². The van der Waals surface area contributed by atoms with Gasteiger partial charge < -0.3 is 9.15 Å². The molecular formula is C26H18N6O2. The fourth-order valence-electron chi connectivity index (χ4n) is 3.73. The number of hydrogen-bond donors (Lipinski definition) is 1. The van der Waals surface area contributed by atoms with Crippen LogP contribution in [0.25, 0.3) is 39.3 Å². The van der Waals surface area contributed by atoms with Crippen LogP contribution in [0.4, 0.5) is 0 Å². The van der Waals surface area contributed by atoms with Crippen molar-refractivity contribution in [3.8, 4) is 17.5 Å². The zero-order valence-corrected chi connectivity index (χ0v) is 18.0. The summed E-state index contributed by atoms with van der Waals surface area (Å²) in [6, 6.07) is 25.7. The molecule has 0 aliphatic carbocycles. The van der Waals surface area contributed by atoms with Crippen LogP contribution in [0, 0.1) is 0 Å². The van der Waals surface area contributed by atoms with E-state index in [1.165, 1.54) is 0 Å². The summed E-state index contributed by atoms with van der Waals surface area (Å²) in [7, 11) is 0. The van der Waals surface area contributed by atoms with Crippen molar-refractivity contribution in [2.45, 2.75) is 6.61 Å². The van der Waals surface area contributed by atoms with Gasteiger partial charge in [-0.05, 0) is 52.7 Å². The molecule has 0 amide bonds. The molecule has 0 atom stereocenters. The van der Waals surface area contributed by atoms with Crippen molar-refractivity contribution in [2.75, 3.05) is 0 Å². The van der Waals surface area contributed by atoms with Gasteiger partial charge in [0.25, 0.3) is 11.7 Å². The maximum Gasteiger partial charge on any atom is 0.269 e. The molecule has 0 saturated carbocycles. The first-order valence-electron chi connectivity index (χ1n) is 10.6. The first-order chi connectivity index (χ1) is 16.7. The monoisotopic (exact) mass is 446 g/mol. The van der Waals surface area contributed by atoms with Crippen molar-refractivity contribution in [3.05, 3.63) is 102 Å². The number of nitrogens with zero attached hydrogens (tertiary/aromatic N) is 5. The predicted molar refractivity (Wildman–Crippen MR) is 128 cm³/mol. The summed E-state index contributed by atoms with van der Waals surface area (Å²) in [5.41, 5.74) is 5.87. The first-order valence-corrected chi connectivity index (χ1v) is 10.6. The lowest BCUT2D eigenvalue weighted by atomic mass is 10.0. The summed E-state index contributed by atoms with van der Waals surface area (Å²) >= 11 is 0. The van der Waals surface area contributed by atoms with Crippen molar-refractivity contribution in [1.29, 1.82) is 0 Å². The Kier molecular flexibility index (Phi) is 4.81. The number of oxazole rings is 1. The minimum absolute atomic E-state index is 0.312. The normalized spacial score (nSPS) is 11.2. The molecule has 0 aliphatic heterocycles. The van der Waals surface area contributed by atoms with Crippen molar-refractivity contribution in [3.63, 3.8) is 0 Å². The number of ether oxygens (including phenoxy) is 1. The van der Waals surface area contributed by atoms with Gasteiger partial charge in [0, 0.05) is 11.0 Å². The lowest BCUT2D eigenvalue weighted by Crippen LogP contribution is -1.96. The summed E-state index contributed by atoms with van der Waals surface area (Å²) in [6.07, 6.45) is 0. The molecule has 3 aromatic heterocycles. The fourth-order valence-corrected chi connectivity index (χ4v) is 3.73. The van der Waals surface area contributed by atoms with Gasteiger partial charge in [0.05, 0.1) is 11.2 Å². The maximum absolute atomic E-state index is 6.05. The molecule has 3 aromatic carbocycles. The molecule has 0 unspecified atom stereocenters. The Morgan fingerprint density at radius 2 is 1.85 bits per heavy atom. The molecular weight excluding hydrogens is 428 g/mol. The molecule has 8 heteroatoms. The summed E-state index contributed by atoms with van der Waals surface area (Å²) in [4.78, 5) is 9.14. The van der Waals surface area contributed by atoms with Gasteiger partial charge in [-0.3, -0.25) is 0 Å². The van der Waals surface area contributed by atoms with Crippen LogP contribution in [0.3, 0.4) is 0 Å². The molecule has 1 N–H and O–H groups in total. The number of tetrazole rings is 1. The van der Waals surface area contributed by atoms with E-state index in [0.717, 1.165) is 39.0 Å². The second-order valence-corrected chi connectivity index (χ2v) is 7.74. The van der Waals surface area contributed by atoms with E-state index in [-0.39, 0.29) is 0 Å². The van der Waals surface area contributed by atoms with Gasteiger partial charge >= 0.3 is 0 Å². The molecule has 0 aliphatic rings. The van der Waals surface area contributed by atoms with Crippen LogP contribution in [0.15, 0.2) is 89.9 Å². The number of fused-ring (bicyclic) bond motifs is 2. The summed E-state index contributed by atoms with van der Waals surface area (Å²) in [6.45, 7) is 4.64. The summed E-state index contributed by atoms with van der Waals surface area (Å²) < 4.78 is 11.8. The molecule has 164 valence electrons. The van der Waals surface area contributed by atoms with Crippen molar-refractivity contribution < 1.29 is 9.15 Å². The zero-order chi connectivity index (χ0) is 22.9. The van der Waals surface area contributed by atoms with E-state index in [1.807, 2.05) is 72.8 Å². The SMILES string of the molecule is C=C(c1cccc(OCc2ccc3nc(-c4nn[nH]n4)oc3c2)c1)c1ccc2ccccc2n1. The topological polar surface area (TPSA) is 103 Å². The van der Waals surface area contributed by atoms with Gasteiger partial charge in [-0.1, -0.05) is 49.0 Å². The van der Waals surface area contributed by atoms with Gasteiger partial charge in [0.2, 0.25) is 0 Å². The average Bonchev–Trinajstić information content (AvgIpc) is 3.57. The average molecular weight is 446 g/mol. The predicted octanol–water partition coefficient (Wildman–Crippen LogP) is 5.20. The smallest absolute Gasteiger partial charge is 0.269 e. The molecule has 0 spiro atoms. The third-order valence-electron chi connectivity index (χ3n) is 5.49. The highest BCUT2D eigenvalue weighted by atomic mass is 16.5. The molecule has 0 saturated heterocycles. The van der Waals surface area contributed by atoms with E-state index in [9.17, 15) is 0 Å². The lowest BCUT2D eigenvalue weighted by molar-refractivity contribution is 0.306. The Morgan fingerprint density at radius 3 is 2.76 bits per heavy atom. The Balaban J connectivity index is 1.19. The van der Waals surface area contributed by atoms with E-state index >= 15 is 0 Å². The van der Waals surface area contributed by atoms with Crippen molar-refractivity contribution >= 4 is 27.6 Å². The quantitative estimate of drug-likeness (QED) is 0.375. The number of rotatable bonds is 6. The molecule has 0 fully saturated rings. The lowest BCUT2D eigenvalue weighted by Gasteiger charge is -2.10. The maximum atomic E-state index is 6.05. The van der Waals surface area contributed by atoms with E-state index in [2.05, 4.69) is 38.3 Å². The number of hydrogen-bond acceptors (Lipinski definition) is 7. The van der Waals surface area contributed by atoms with E-state index in [1.54, 1.807) is 0 Å². The van der Waals surface area contributed by atoms with Crippen LogP contribution in [0.2, 0.25) is 0 Å². The van der Waals surface area contributed by atoms with Crippen LogP contribution in [0.5, 0.6) is 5.75 Å². The molecule has 3 heterocycles. The van der Waals surface area contributed by atoms with Gasteiger partial charge in [-0.25, -0.2) is 9.97 Å². The van der Waals surface area contributed by atoms with Crippen LogP contribution in [-0.2, 0) is 6.61 Å². The highest BCUT2D eigenvalue weighted by molar-refractivity contribution is 5.84. The number of benzene rings is 3.